The number of likely N-dealkylation sites (tertiary alicyclic amines) is 1. The molecule has 0 aliphatic carbocycles. The van der Waals surface area contributed by atoms with Gasteiger partial charge >= 0.3 is 12.0 Å². The van der Waals surface area contributed by atoms with Gasteiger partial charge in [-0.05, 0) is 18.3 Å². The quantitative estimate of drug-likeness (QED) is 0.786. The second kappa shape index (κ2) is 5.38. The van der Waals surface area contributed by atoms with Gasteiger partial charge in [0, 0.05) is 18.8 Å². The number of carbonyl (C=O) groups is 2. The number of urea groups is 1. The molecule has 2 amide bonds. The molecule has 5 nitrogen and oxygen atoms in total. The van der Waals surface area contributed by atoms with Crippen LogP contribution < -0.4 is 0 Å². The van der Waals surface area contributed by atoms with E-state index in [1.807, 2.05) is 4.90 Å². The number of hydrogen-bond acceptors (Lipinski definition) is 3. The molecule has 2 aliphatic heterocycles. The van der Waals surface area contributed by atoms with E-state index in [2.05, 4.69) is 13.8 Å². The maximum atomic E-state index is 12.4. The van der Waals surface area contributed by atoms with Crippen molar-refractivity contribution >= 4 is 23.8 Å². The summed E-state index contributed by atoms with van der Waals surface area (Å²) in [4.78, 5) is 26.8. The van der Waals surface area contributed by atoms with E-state index in [0.29, 0.717) is 23.5 Å². The third kappa shape index (κ3) is 2.74. The van der Waals surface area contributed by atoms with E-state index in [1.54, 1.807) is 0 Å². The van der Waals surface area contributed by atoms with E-state index in [0.717, 1.165) is 19.5 Å². The summed E-state index contributed by atoms with van der Waals surface area (Å²) in [5.41, 5.74) is 0. The lowest BCUT2D eigenvalue weighted by atomic mass is 9.92. The molecule has 0 bridgehead atoms. The number of thioether (sulfide) groups is 1. The van der Waals surface area contributed by atoms with Crippen LogP contribution in [0.5, 0.6) is 0 Å². The number of carbonyl (C=O) groups excluding carboxylic acids is 1. The molecule has 2 fully saturated rings. The fraction of sp³-hybridized carbons (Fsp3) is 0.833. The maximum Gasteiger partial charge on any atom is 0.327 e. The molecule has 0 aromatic carbocycles. The van der Waals surface area contributed by atoms with Crippen LogP contribution in [-0.4, -0.2) is 57.7 Å². The van der Waals surface area contributed by atoms with Gasteiger partial charge in [0.25, 0.3) is 0 Å². The SMILES string of the molecule is CC1CC(C)CN(C(=O)N2CSCC2C(=O)O)C1. The van der Waals surface area contributed by atoms with Crippen LogP contribution in [0.4, 0.5) is 4.79 Å². The van der Waals surface area contributed by atoms with Crippen LogP contribution in [0.2, 0.25) is 0 Å². The summed E-state index contributed by atoms with van der Waals surface area (Å²) in [6.07, 6.45) is 1.14. The Kier molecular flexibility index (Phi) is 4.04. The Balaban J connectivity index is 2.04. The van der Waals surface area contributed by atoms with Crippen molar-refractivity contribution in [2.75, 3.05) is 24.7 Å². The van der Waals surface area contributed by atoms with E-state index in [1.165, 1.54) is 16.7 Å². The smallest absolute Gasteiger partial charge is 0.327 e. The summed E-state index contributed by atoms with van der Waals surface area (Å²) in [6, 6.07) is -0.763. The minimum Gasteiger partial charge on any atom is -0.480 e. The molecule has 18 heavy (non-hydrogen) atoms. The number of carboxylic acids is 1. The zero-order valence-electron chi connectivity index (χ0n) is 10.8. The molecule has 2 heterocycles. The van der Waals surface area contributed by atoms with E-state index >= 15 is 0 Å². The number of aliphatic carboxylic acids is 1. The molecule has 0 aromatic rings. The van der Waals surface area contributed by atoms with Crippen LogP contribution in [0.25, 0.3) is 0 Å². The highest BCUT2D eigenvalue weighted by Crippen LogP contribution is 2.26. The fourth-order valence-corrected chi connectivity index (χ4v) is 3.97. The average Bonchev–Trinajstić information content (AvgIpc) is 2.75. The Morgan fingerprint density at radius 3 is 2.39 bits per heavy atom. The van der Waals surface area contributed by atoms with Gasteiger partial charge in [-0.15, -0.1) is 11.8 Å². The highest BCUT2D eigenvalue weighted by molar-refractivity contribution is 7.99. The van der Waals surface area contributed by atoms with Gasteiger partial charge in [-0.3, -0.25) is 0 Å². The van der Waals surface area contributed by atoms with Gasteiger partial charge in [0.2, 0.25) is 0 Å². The molecule has 3 unspecified atom stereocenters. The number of amides is 2. The summed E-state index contributed by atoms with van der Waals surface area (Å²) >= 11 is 1.51. The highest BCUT2D eigenvalue weighted by atomic mass is 32.2. The first-order chi connectivity index (χ1) is 8.49. The van der Waals surface area contributed by atoms with E-state index in [-0.39, 0.29) is 6.03 Å². The number of piperidine rings is 1. The van der Waals surface area contributed by atoms with Gasteiger partial charge in [-0.25, -0.2) is 9.59 Å². The van der Waals surface area contributed by atoms with Gasteiger partial charge in [0.05, 0.1) is 5.88 Å². The molecule has 0 aromatic heterocycles. The third-order valence-electron chi connectivity index (χ3n) is 3.55. The summed E-state index contributed by atoms with van der Waals surface area (Å²) in [5.74, 6) is 1.09. The van der Waals surface area contributed by atoms with E-state index in [4.69, 9.17) is 5.11 Å². The predicted octanol–water partition coefficient (Wildman–Crippen LogP) is 1.54. The van der Waals surface area contributed by atoms with Crippen molar-refractivity contribution in [2.24, 2.45) is 11.8 Å². The minimum absolute atomic E-state index is 0.106. The molecular weight excluding hydrogens is 252 g/mol. The molecule has 102 valence electrons. The van der Waals surface area contributed by atoms with Crippen molar-refractivity contribution in [3.8, 4) is 0 Å². The Morgan fingerprint density at radius 2 is 1.83 bits per heavy atom. The Labute approximate surface area is 112 Å². The van der Waals surface area contributed by atoms with Crippen LogP contribution >= 0.6 is 11.8 Å². The molecular formula is C12H20N2O3S. The largest absolute Gasteiger partial charge is 0.480 e. The Bertz CT molecular complexity index is 340. The monoisotopic (exact) mass is 272 g/mol. The van der Waals surface area contributed by atoms with Gasteiger partial charge in [0.1, 0.15) is 6.04 Å². The zero-order chi connectivity index (χ0) is 13.3. The second-order valence-corrected chi connectivity index (χ2v) is 6.46. The summed E-state index contributed by atoms with van der Waals surface area (Å²) in [7, 11) is 0. The highest BCUT2D eigenvalue weighted by Gasteiger charge is 2.38. The summed E-state index contributed by atoms with van der Waals surface area (Å²) in [5, 5.41) is 9.11. The molecule has 6 heteroatoms. The third-order valence-corrected chi connectivity index (χ3v) is 4.56. The van der Waals surface area contributed by atoms with Crippen molar-refractivity contribution in [1.29, 1.82) is 0 Å². The fourth-order valence-electron chi connectivity index (χ4n) is 2.84. The van der Waals surface area contributed by atoms with Crippen LogP contribution in [0.3, 0.4) is 0 Å². The number of nitrogens with zero attached hydrogens (tertiary/aromatic N) is 2. The average molecular weight is 272 g/mol. The van der Waals surface area contributed by atoms with Crippen LogP contribution in [0.1, 0.15) is 20.3 Å². The van der Waals surface area contributed by atoms with Crippen molar-refractivity contribution in [2.45, 2.75) is 26.3 Å². The van der Waals surface area contributed by atoms with Crippen LogP contribution in [0.15, 0.2) is 0 Å². The second-order valence-electron chi connectivity index (χ2n) is 5.46. The van der Waals surface area contributed by atoms with Crippen molar-refractivity contribution in [3.63, 3.8) is 0 Å². The normalized spacial score (nSPS) is 32.7. The van der Waals surface area contributed by atoms with Crippen molar-refractivity contribution in [1.82, 2.24) is 9.80 Å². The lowest BCUT2D eigenvalue weighted by molar-refractivity contribution is -0.141. The van der Waals surface area contributed by atoms with E-state index < -0.39 is 12.0 Å². The van der Waals surface area contributed by atoms with Crippen molar-refractivity contribution in [3.05, 3.63) is 0 Å². The molecule has 2 rings (SSSR count). The molecule has 2 aliphatic rings. The van der Waals surface area contributed by atoms with Gasteiger partial charge in [-0.2, -0.15) is 0 Å². The summed E-state index contributed by atoms with van der Waals surface area (Å²) in [6.45, 7) is 5.78. The lowest BCUT2D eigenvalue weighted by Gasteiger charge is -2.37. The molecule has 0 radical (unpaired) electrons. The molecule has 3 atom stereocenters. The molecule has 2 saturated heterocycles. The van der Waals surface area contributed by atoms with Gasteiger partial charge in [-0.1, -0.05) is 13.8 Å². The Hall–Kier alpha value is -0.910. The van der Waals surface area contributed by atoms with Crippen molar-refractivity contribution < 1.29 is 14.7 Å². The maximum absolute atomic E-state index is 12.4. The predicted molar refractivity (Wildman–Crippen MR) is 70.5 cm³/mol. The first kappa shape index (κ1) is 13.5. The molecule has 0 spiro atoms. The van der Waals surface area contributed by atoms with Gasteiger partial charge < -0.3 is 14.9 Å². The lowest BCUT2D eigenvalue weighted by Crippen LogP contribution is -2.52. The first-order valence-corrected chi connectivity index (χ1v) is 7.50. The number of rotatable bonds is 1. The topological polar surface area (TPSA) is 60.9 Å². The van der Waals surface area contributed by atoms with Gasteiger partial charge in [0.15, 0.2) is 0 Å². The summed E-state index contributed by atoms with van der Waals surface area (Å²) < 4.78 is 0. The zero-order valence-corrected chi connectivity index (χ0v) is 11.7. The molecule has 1 N–H and O–H groups in total. The minimum atomic E-state index is -0.897. The van der Waals surface area contributed by atoms with Crippen LogP contribution in [0, 0.1) is 11.8 Å². The first-order valence-electron chi connectivity index (χ1n) is 6.35. The van der Waals surface area contributed by atoms with E-state index in [9.17, 15) is 9.59 Å². The Morgan fingerprint density at radius 1 is 1.22 bits per heavy atom. The standard InChI is InChI=1S/C12H20N2O3S/c1-8-3-9(2)5-13(4-8)12(17)14-7-18-6-10(14)11(15)16/h8-10H,3-7H2,1-2H3,(H,15,16). The molecule has 0 saturated carbocycles. The van der Waals surface area contributed by atoms with Crippen LogP contribution in [-0.2, 0) is 4.79 Å². The number of hydrogen-bond donors (Lipinski definition) is 1. The number of carboxylic acid groups (broad SMARTS) is 1.